The van der Waals surface area contributed by atoms with E-state index in [0.717, 1.165) is 11.5 Å². The van der Waals surface area contributed by atoms with Crippen molar-refractivity contribution in [2.45, 2.75) is 4.90 Å². The molecule has 0 aliphatic heterocycles. The molecule has 3 N–H and O–H groups in total. The number of primary sulfonamides is 1. The Hall–Kier alpha value is -1.78. The lowest BCUT2D eigenvalue weighted by atomic mass is 10.2. The first kappa shape index (κ1) is 20.5. The van der Waals surface area contributed by atoms with Crippen LogP contribution < -0.4 is 14.6 Å². The highest BCUT2D eigenvalue weighted by molar-refractivity contribution is 7.95. The van der Waals surface area contributed by atoms with Gasteiger partial charge in [-0.2, -0.15) is 0 Å². The maximum Gasteiger partial charge on any atom is 0.255 e. The maximum absolute atomic E-state index is 12.3. The quantitative estimate of drug-likeness (QED) is 0.721. The molecule has 2 aromatic carbocycles. The van der Waals surface area contributed by atoms with Crippen LogP contribution in [0.3, 0.4) is 0 Å². The Morgan fingerprint density at radius 3 is 2.27 bits per heavy atom. The second-order valence-electron chi connectivity index (χ2n) is 5.02. The van der Waals surface area contributed by atoms with Crippen molar-refractivity contribution in [2.75, 3.05) is 11.8 Å². The number of ether oxygens (including phenoxy) is 1. The number of halogens is 2. The summed E-state index contributed by atoms with van der Waals surface area (Å²) < 4.78 is 55.1. The van der Waals surface area contributed by atoms with Crippen LogP contribution in [-0.2, 0) is 20.0 Å². The molecule has 0 unspecified atom stereocenters. The van der Waals surface area contributed by atoms with Gasteiger partial charge in [0, 0.05) is 15.6 Å². The molecule has 140 valence electrons. The third kappa shape index (κ3) is 5.36. The molecule has 7 nitrogen and oxygen atoms in total. The van der Waals surface area contributed by atoms with Crippen molar-refractivity contribution >= 4 is 55.0 Å². The van der Waals surface area contributed by atoms with E-state index in [9.17, 15) is 16.8 Å². The summed E-state index contributed by atoms with van der Waals surface area (Å²) in [4.78, 5) is -0.439. The van der Waals surface area contributed by atoms with Gasteiger partial charge in [0.1, 0.15) is 10.6 Å². The van der Waals surface area contributed by atoms with Gasteiger partial charge in [0.2, 0.25) is 10.0 Å². The fourth-order valence-corrected chi connectivity index (χ4v) is 4.05. The summed E-state index contributed by atoms with van der Waals surface area (Å²) in [6, 6.07) is 8.27. The van der Waals surface area contributed by atoms with Crippen LogP contribution in [-0.4, -0.2) is 23.9 Å². The molecule has 0 amide bonds. The van der Waals surface area contributed by atoms with E-state index >= 15 is 0 Å². The number of rotatable bonds is 6. The highest BCUT2D eigenvalue weighted by Gasteiger charge is 2.18. The van der Waals surface area contributed by atoms with Gasteiger partial charge in [0.05, 0.1) is 18.2 Å². The average Bonchev–Trinajstić information content (AvgIpc) is 2.54. The molecule has 0 fully saturated rings. The summed E-state index contributed by atoms with van der Waals surface area (Å²) in [6.07, 6.45) is 1.28. The van der Waals surface area contributed by atoms with Crippen LogP contribution >= 0.6 is 23.2 Å². The number of benzene rings is 2. The first-order valence-electron chi connectivity index (χ1n) is 6.88. The van der Waals surface area contributed by atoms with Gasteiger partial charge in [-0.3, -0.25) is 4.72 Å². The number of hydrogen-bond donors (Lipinski definition) is 2. The smallest absolute Gasteiger partial charge is 0.255 e. The van der Waals surface area contributed by atoms with Crippen molar-refractivity contribution in [3.63, 3.8) is 0 Å². The second-order valence-corrected chi connectivity index (χ2v) is 8.99. The van der Waals surface area contributed by atoms with E-state index in [-0.39, 0.29) is 10.7 Å². The monoisotopic (exact) mass is 436 g/mol. The van der Waals surface area contributed by atoms with Crippen molar-refractivity contribution < 1.29 is 21.6 Å². The number of nitrogens with two attached hydrogens (primary N) is 1. The molecule has 0 spiro atoms. The Morgan fingerprint density at radius 2 is 1.65 bits per heavy atom. The summed E-state index contributed by atoms with van der Waals surface area (Å²) in [6.45, 7) is 0. The Bertz CT molecular complexity index is 1070. The molecule has 2 rings (SSSR count). The molecule has 0 radical (unpaired) electrons. The molecule has 0 heterocycles. The van der Waals surface area contributed by atoms with Gasteiger partial charge in [-0.1, -0.05) is 23.2 Å². The van der Waals surface area contributed by atoms with Crippen LogP contribution in [0.1, 0.15) is 5.56 Å². The molecular formula is C15H14Cl2N2O5S2. The minimum Gasteiger partial charge on any atom is -0.496 e. The van der Waals surface area contributed by atoms with E-state index in [0.29, 0.717) is 16.3 Å². The zero-order valence-electron chi connectivity index (χ0n) is 13.3. The van der Waals surface area contributed by atoms with E-state index in [1.807, 2.05) is 0 Å². The van der Waals surface area contributed by atoms with Crippen molar-refractivity contribution in [1.29, 1.82) is 0 Å². The lowest BCUT2D eigenvalue weighted by Crippen LogP contribution is -2.17. The first-order valence-corrected chi connectivity index (χ1v) is 10.7. The lowest BCUT2D eigenvalue weighted by Gasteiger charge is -2.10. The largest absolute Gasteiger partial charge is 0.496 e. The minimum absolute atomic E-state index is 0.0958. The number of sulfonamides is 2. The van der Waals surface area contributed by atoms with Crippen LogP contribution in [0.5, 0.6) is 5.75 Å². The van der Waals surface area contributed by atoms with Gasteiger partial charge < -0.3 is 4.74 Å². The molecule has 11 heteroatoms. The van der Waals surface area contributed by atoms with Crippen LogP contribution in [0.2, 0.25) is 10.0 Å². The lowest BCUT2D eigenvalue weighted by molar-refractivity contribution is 0.414. The summed E-state index contributed by atoms with van der Waals surface area (Å²) in [5, 5.41) is 6.48. The molecule has 2 aromatic rings. The van der Waals surface area contributed by atoms with E-state index in [4.69, 9.17) is 33.1 Å². The third-order valence-corrected chi connectivity index (χ3v) is 5.54. The molecule has 0 saturated carbocycles. The molecule has 0 aliphatic carbocycles. The highest BCUT2D eigenvalue weighted by atomic mass is 35.5. The Morgan fingerprint density at radius 1 is 1.04 bits per heavy atom. The number of methoxy groups -OCH3 is 1. The van der Waals surface area contributed by atoms with Crippen molar-refractivity contribution in [3.05, 3.63) is 57.4 Å². The SMILES string of the molecule is COc1cc(Cl)ccc1C=CS(=O)(=O)Nc1ccc(Cl)cc1S(N)(=O)=O. The fourth-order valence-electron chi connectivity index (χ4n) is 1.99. The van der Waals surface area contributed by atoms with Gasteiger partial charge in [-0.25, -0.2) is 22.0 Å². The Kier molecular flexibility index (Phi) is 6.20. The van der Waals surface area contributed by atoms with Gasteiger partial charge in [-0.15, -0.1) is 0 Å². The van der Waals surface area contributed by atoms with E-state index in [2.05, 4.69) is 4.72 Å². The Balaban J connectivity index is 2.36. The molecule has 0 aliphatic rings. The summed E-state index contributed by atoms with van der Waals surface area (Å²) in [5.41, 5.74) is 0.245. The average molecular weight is 437 g/mol. The van der Waals surface area contributed by atoms with Crippen LogP contribution in [0.4, 0.5) is 5.69 Å². The number of nitrogens with one attached hydrogen (secondary N) is 1. The van der Waals surface area contributed by atoms with Crippen molar-refractivity contribution in [3.8, 4) is 5.75 Å². The van der Waals surface area contributed by atoms with E-state index < -0.39 is 24.9 Å². The highest BCUT2D eigenvalue weighted by Crippen LogP contribution is 2.27. The maximum atomic E-state index is 12.3. The molecule has 0 atom stereocenters. The zero-order valence-corrected chi connectivity index (χ0v) is 16.5. The van der Waals surface area contributed by atoms with Crippen LogP contribution in [0, 0.1) is 0 Å². The van der Waals surface area contributed by atoms with Crippen molar-refractivity contribution in [1.82, 2.24) is 0 Å². The Labute approximate surface area is 161 Å². The van der Waals surface area contributed by atoms with Gasteiger partial charge in [-0.05, 0) is 42.5 Å². The van der Waals surface area contributed by atoms with Gasteiger partial charge in [0.25, 0.3) is 10.0 Å². The van der Waals surface area contributed by atoms with Crippen molar-refractivity contribution in [2.24, 2.45) is 5.14 Å². The zero-order chi connectivity index (χ0) is 19.5. The normalized spacial score (nSPS) is 12.3. The van der Waals surface area contributed by atoms with Crippen LogP contribution in [0.25, 0.3) is 6.08 Å². The molecule has 0 saturated heterocycles. The third-order valence-electron chi connectivity index (χ3n) is 3.12. The van der Waals surface area contributed by atoms with E-state index in [1.165, 1.54) is 31.4 Å². The van der Waals surface area contributed by atoms with Crippen LogP contribution in [0.15, 0.2) is 46.7 Å². The summed E-state index contributed by atoms with van der Waals surface area (Å²) >= 11 is 11.6. The fraction of sp³-hybridized carbons (Fsp3) is 0.0667. The molecule has 0 bridgehead atoms. The van der Waals surface area contributed by atoms with E-state index in [1.54, 1.807) is 12.1 Å². The summed E-state index contributed by atoms with van der Waals surface area (Å²) in [5.74, 6) is 0.376. The second kappa shape index (κ2) is 7.85. The predicted molar refractivity (Wildman–Crippen MR) is 102 cm³/mol. The molecular weight excluding hydrogens is 423 g/mol. The topological polar surface area (TPSA) is 116 Å². The standard InChI is InChI=1S/C15H14Cl2N2O5S2/c1-24-14-8-11(16)3-2-10(14)6-7-25(20,21)19-13-5-4-12(17)9-15(13)26(18,22)23/h2-9,19H,1H3,(H2,18,22,23). The van der Waals surface area contributed by atoms with Gasteiger partial charge >= 0.3 is 0 Å². The predicted octanol–water partition coefficient (Wildman–Crippen LogP) is 3.06. The molecule has 26 heavy (non-hydrogen) atoms. The molecule has 0 aromatic heterocycles. The van der Waals surface area contributed by atoms with Gasteiger partial charge in [0.15, 0.2) is 0 Å². The number of anilines is 1. The number of hydrogen-bond acceptors (Lipinski definition) is 5. The minimum atomic E-state index is -4.18. The first-order chi connectivity index (χ1) is 12.0. The summed E-state index contributed by atoms with van der Waals surface area (Å²) in [7, 11) is -6.81.